The molecular formula is C28H19N3O7. The van der Waals surface area contributed by atoms with Crippen molar-refractivity contribution in [2.75, 3.05) is 11.5 Å². The Hall–Kier alpha value is -5.25. The number of ether oxygens (including phenoxy) is 1. The van der Waals surface area contributed by atoms with E-state index in [4.69, 9.17) is 4.74 Å². The molecule has 0 unspecified atom stereocenters. The zero-order valence-corrected chi connectivity index (χ0v) is 20.3. The molecule has 1 aromatic heterocycles. The third kappa shape index (κ3) is 4.07. The number of hydrogen-bond donors (Lipinski definition) is 0. The van der Waals surface area contributed by atoms with Crippen LogP contribution in [-0.2, 0) is 4.74 Å². The van der Waals surface area contributed by atoms with Crippen LogP contribution >= 0.6 is 0 Å². The van der Waals surface area contributed by atoms with Gasteiger partial charge in [-0.2, -0.15) is 0 Å². The van der Waals surface area contributed by atoms with Gasteiger partial charge in [0, 0.05) is 23.1 Å². The first-order valence-corrected chi connectivity index (χ1v) is 11.5. The highest BCUT2D eigenvalue weighted by atomic mass is 16.6. The second-order valence-corrected chi connectivity index (χ2v) is 8.71. The minimum atomic E-state index is -0.832. The molecule has 2 heterocycles. The molecule has 0 saturated heterocycles. The number of para-hydroxylation sites is 1. The van der Waals surface area contributed by atoms with E-state index in [1.165, 1.54) is 36.4 Å². The first-order valence-electron chi connectivity index (χ1n) is 11.5. The van der Waals surface area contributed by atoms with Gasteiger partial charge in [-0.3, -0.25) is 29.5 Å². The Kier molecular flexibility index (Phi) is 6.00. The number of rotatable bonds is 6. The molecule has 3 aromatic carbocycles. The van der Waals surface area contributed by atoms with E-state index in [0.29, 0.717) is 22.2 Å². The molecule has 188 valence electrons. The molecule has 2 amide bonds. The smallest absolute Gasteiger partial charge is 0.338 e. The van der Waals surface area contributed by atoms with Gasteiger partial charge in [-0.05, 0) is 49.7 Å². The SMILES string of the molecule is Cc1ccc(C(=O)OCC(=O)c2ccc([N+](=O)[O-])cc2)cc1N1C(=O)c2c(C)nc3ccccc3c2C1=O. The van der Waals surface area contributed by atoms with Gasteiger partial charge in [0.1, 0.15) is 0 Å². The molecule has 10 heteroatoms. The van der Waals surface area contributed by atoms with E-state index < -0.39 is 35.1 Å². The number of esters is 1. The highest BCUT2D eigenvalue weighted by molar-refractivity contribution is 6.38. The van der Waals surface area contributed by atoms with Gasteiger partial charge >= 0.3 is 5.97 Å². The second kappa shape index (κ2) is 9.32. The summed E-state index contributed by atoms with van der Waals surface area (Å²) >= 11 is 0. The van der Waals surface area contributed by atoms with Crippen LogP contribution < -0.4 is 4.90 Å². The molecule has 0 radical (unpaired) electrons. The number of anilines is 1. The predicted molar refractivity (Wildman–Crippen MR) is 137 cm³/mol. The van der Waals surface area contributed by atoms with Crippen LogP contribution in [0.3, 0.4) is 0 Å². The Labute approximate surface area is 215 Å². The van der Waals surface area contributed by atoms with Crippen LogP contribution in [0.25, 0.3) is 10.9 Å². The lowest BCUT2D eigenvalue weighted by Gasteiger charge is -2.17. The van der Waals surface area contributed by atoms with Gasteiger partial charge in [-0.25, -0.2) is 9.69 Å². The van der Waals surface area contributed by atoms with Crippen molar-refractivity contribution < 1.29 is 28.8 Å². The summed E-state index contributed by atoms with van der Waals surface area (Å²) in [4.78, 5) is 67.8. The highest BCUT2D eigenvalue weighted by Crippen LogP contribution is 2.36. The lowest BCUT2D eigenvalue weighted by Crippen LogP contribution is -2.30. The van der Waals surface area contributed by atoms with Crippen molar-refractivity contribution in [3.8, 4) is 0 Å². The number of aryl methyl sites for hydroxylation is 2. The van der Waals surface area contributed by atoms with Gasteiger partial charge < -0.3 is 4.74 Å². The molecule has 0 saturated carbocycles. The number of carbonyl (C=O) groups is 4. The van der Waals surface area contributed by atoms with Crippen molar-refractivity contribution in [3.05, 3.63) is 110 Å². The summed E-state index contributed by atoms with van der Waals surface area (Å²) in [5, 5.41) is 11.3. The van der Waals surface area contributed by atoms with E-state index in [2.05, 4.69) is 4.98 Å². The molecule has 1 aliphatic heterocycles. The van der Waals surface area contributed by atoms with Crippen molar-refractivity contribution in [2.45, 2.75) is 13.8 Å². The number of fused-ring (bicyclic) bond motifs is 3. The number of aromatic nitrogens is 1. The summed E-state index contributed by atoms with van der Waals surface area (Å²) in [6.07, 6.45) is 0. The summed E-state index contributed by atoms with van der Waals surface area (Å²) < 4.78 is 5.15. The summed E-state index contributed by atoms with van der Waals surface area (Å²) in [7, 11) is 0. The molecule has 4 aromatic rings. The van der Waals surface area contributed by atoms with E-state index >= 15 is 0 Å². The quantitative estimate of drug-likeness (QED) is 0.121. The Balaban J connectivity index is 1.40. The summed E-state index contributed by atoms with van der Waals surface area (Å²) in [6.45, 7) is 2.78. The fourth-order valence-corrected chi connectivity index (χ4v) is 4.40. The molecule has 0 aliphatic carbocycles. The predicted octanol–water partition coefficient (Wildman–Crippen LogP) is 4.60. The minimum absolute atomic E-state index is 0.0401. The average molecular weight is 509 g/mol. The molecule has 38 heavy (non-hydrogen) atoms. The zero-order valence-electron chi connectivity index (χ0n) is 20.3. The van der Waals surface area contributed by atoms with Gasteiger partial charge in [0.25, 0.3) is 17.5 Å². The van der Waals surface area contributed by atoms with Crippen LogP contribution in [0.5, 0.6) is 0 Å². The van der Waals surface area contributed by atoms with Crippen molar-refractivity contribution in [3.63, 3.8) is 0 Å². The zero-order chi connectivity index (χ0) is 27.1. The Bertz CT molecular complexity index is 1690. The molecule has 1 aliphatic rings. The van der Waals surface area contributed by atoms with Crippen molar-refractivity contribution >= 4 is 45.8 Å². The number of hydrogen-bond acceptors (Lipinski definition) is 8. The summed E-state index contributed by atoms with van der Waals surface area (Å²) in [5.41, 5.74) is 2.32. The van der Waals surface area contributed by atoms with Crippen LogP contribution in [0.2, 0.25) is 0 Å². The van der Waals surface area contributed by atoms with Crippen molar-refractivity contribution in [1.29, 1.82) is 0 Å². The fourth-order valence-electron chi connectivity index (χ4n) is 4.40. The third-order valence-corrected chi connectivity index (χ3v) is 6.33. The van der Waals surface area contributed by atoms with Gasteiger partial charge in [0.2, 0.25) is 0 Å². The monoisotopic (exact) mass is 509 g/mol. The van der Waals surface area contributed by atoms with Crippen molar-refractivity contribution in [1.82, 2.24) is 4.98 Å². The van der Waals surface area contributed by atoms with Gasteiger partial charge in [0.05, 0.1) is 38.5 Å². The van der Waals surface area contributed by atoms with Crippen LogP contribution in [0.1, 0.15) is 52.7 Å². The van der Waals surface area contributed by atoms with E-state index in [-0.39, 0.29) is 33.6 Å². The molecule has 0 atom stereocenters. The lowest BCUT2D eigenvalue weighted by atomic mass is 10.0. The number of nitro benzene ring substituents is 1. The third-order valence-electron chi connectivity index (χ3n) is 6.33. The number of benzene rings is 3. The minimum Gasteiger partial charge on any atom is -0.454 e. The fraction of sp³-hybridized carbons (Fsp3) is 0.107. The van der Waals surface area contributed by atoms with Gasteiger partial charge in [0.15, 0.2) is 12.4 Å². The average Bonchev–Trinajstić information content (AvgIpc) is 3.18. The number of amides is 2. The second-order valence-electron chi connectivity index (χ2n) is 8.71. The summed E-state index contributed by atoms with van der Waals surface area (Å²) in [5.74, 6) is -2.44. The highest BCUT2D eigenvalue weighted by Gasteiger charge is 2.40. The van der Waals surface area contributed by atoms with E-state index in [1.807, 2.05) is 0 Å². The molecule has 10 nitrogen and oxygen atoms in total. The van der Waals surface area contributed by atoms with Crippen LogP contribution in [0.4, 0.5) is 11.4 Å². The molecular weight excluding hydrogens is 490 g/mol. The Morgan fingerprint density at radius 1 is 0.921 bits per heavy atom. The number of nitro groups is 1. The molecule has 0 N–H and O–H groups in total. The topological polar surface area (TPSA) is 137 Å². The number of ketones is 1. The largest absolute Gasteiger partial charge is 0.454 e. The van der Waals surface area contributed by atoms with E-state index in [9.17, 15) is 29.3 Å². The standard InChI is InChI=1S/C28H19N3O7/c1-15-7-8-18(28(35)38-14-23(32)17-9-11-19(12-10-17)31(36)37)13-22(15)30-26(33)24-16(2)29-21-6-4-3-5-20(21)25(24)27(30)34/h3-13H,14H2,1-2H3. The van der Waals surface area contributed by atoms with Gasteiger partial charge in [-0.1, -0.05) is 24.3 Å². The molecule has 5 rings (SSSR count). The molecule has 0 spiro atoms. The van der Waals surface area contributed by atoms with Crippen LogP contribution in [0, 0.1) is 24.0 Å². The maximum absolute atomic E-state index is 13.5. The van der Waals surface area contributed by atoms with Crippen LogP contribution in [-0.4, -0.2) is 40.1 Å². The number of carbonyl (C=O) groups excluding carboxylic acids is 4. The molecule has 0 bridgehead atoms. The first-order chi connectivity index (χ1) is 18.2. The van der Waals surface area contributed by atoms with E-state index in [0.717, 1.165) is 4.90 Å². The van der Waals surface area contributed by atoms with E-state index in [1.54, 1.807) is 44.2 Å². The first kappa shape index (κ1) is 24.4. The summed E-state index contributed by atoms with van der Waals surface area (Å²) in [6, 6.07) is 16.4. The number of imide groups is 1. The number of pyridine rings is 1. The number of Topliss-reactive ketones (excluding diaryl/α,β-unsaturated/α-hetero) is 1. The number of non-ortho nitro benzene ring substituents is 1. The maximum Gasteiger partial charge on any atom is 0.338 e. The molecule has 0 fully saturated rings. The van der Waals surface area contributed by atoms with Crippen molar-refractivity contribution in [2.24, 2.45) is 0 Å². The maximum atomic E-state index is 13.5. The normalized spacial score (nSPS) is 12.5. The number of nitrogens with zero attached hydrogens (tertiary/aromatic N) is 3. The lowest BCUT2D eigenvalue weighted by molar-refractivity contribution is -0.384. The Morgan fingerprint density at radius 2 is 1.58 bits per heavy atom. The van der Waals surface area contributed by atoms with Gasteiger partial charge in [-0.15, -0.1) is 0 Å². The van der Waals surface area contributed by atoms with Crippen LogP contribution in [0.15, 0.2) is 66.7 Å². The Morgan fingerprint density at radius 3 is 2.29 bits per heavy atom.